The molecular formula is C3H9NO2S. The van der Waals surface area contributed by atoms with E-state index in [1.165, 1.54) is 0 Å². The fourth-order valence-corrected chi connectivity index (χ4v) is 0.420. The first kappa shape index (κ1) is 7.23. The highest BCUT2D eigenvalue weighted by Gasteiger charge is 1.96. The van der Waals surface area contributed by atoms with Crippen molar-refractivity contribution in [2.24, 2.45) is 5.14 Å². The third-order valence-corrected chi connectivity index (χ3v) is 1.08. The Labute approximate surface area is 46.7 Å². The standard InChI is InChI=1S/C3H9NO2S/c4-7-3(6)1-2-5/h3,5-6H,1-2,4H2. The Morgan fingerprint density at radius 2 is 2.29 bits per heavy atom. The number of hydrogen-bond acceptors (Lipinski definition) is 4. The summed E-state index contributed by atoms with van der Waals surface area (Å²) in [7, 11) is 0. The van der Waals surface area contributed by atoms with E-state index in [1.54, 1.807) is 0 Å². The molecule has 4 heteroatoms. The van der Waals surface area contributed by atoms with Gasteiger partial charge in [-0.2, -0.15) is 0 Å². The van der Waals surface area contributed by atoms with Crippen molar-refractivity contribution >= 4 is 11.9 Å². The van der Waals surface area contributed by atoms with Crippen molar-refractivity contribution in [3.8, 4) is 0 Å². The second-order valence-corrected chi connectivity index (χ2v) is 1.92. The second-order valence-electron chi connectivity index (χ2n) is 1.10. The third-order valence-electron chi connectivity index (χ3n) is 0.533. The molecule has 0 bridgehead atoms. The van der Waals surface area contributed by atoms with Crippen LogP contribution in [0.15, 0.2) is 0 Å². The van der Waals surface area contributed by atoms with Crippen LogP contribution in [0.5, 0.6) is 0 Å². The minimum atomic E-state index is -0.606. The molecule has 0 rings (SSSR count). The molecule has 0 fully saturated rings. The maximum atomic E-state index is 8.54. The van der Waals surface area contributed by atoms with Crippen LogP contribution in [0.2, 0.25) is 0 Å². The van der Waals surface area contributed by atoms with Crippen molar-refractivity contribution in [1.29, 1.82) is 0 Å². The molecule has 0 aromatic carbocycles. The molecule has 1 atom stereocenters. The molecule has 4 N–H and O–H groups in total. The number of nitrogens with two attached hydrogens (primary N) is 1. The minimum Gasteiger partial charge on any atom is -0.396 e. The lowest BCUT2D eigenvalue weighted by Gasteiger charge is -2.00. The highest BCUT2D eigenvalue weighted by molar-refractivity contribution is 7.97. The Balaban J connectivity index is 2.83. The lowest BCUT2D eigenvalue weighted by Crippen LogP contribution is -2.05. The molecule has 0 saturated carbocycles. The van der Waals surface area contributed by atoms with Crippen molar-refractivity contribution in [2.45, 2.75) is 11.9 Å². The number of hydrogen-bond donors (Lipinski definition) is 3. The van der Waals surface area contributed by atoms with E-state index < -0.39 is 5.44 Å². The van der Waals surface area contributed by atoms with Crippen LogP contribution in [0.25, 0.3) is 0 Å². The van der Waals surface area contributed by atoms with Crippen molar-refractivity contribution in [3.05, 3.63) is 0 Å². The first-order chi connectivity index (χ1) is 3.31. The predicted molar refractivity (Wildman–Crippen MR) is 29.5 cm³/mol. The van der Waals surface area contributed by atoms with E-state index in [1.807, 2.05) is 0 Å². The molecule has 0 aliphatic rings. The Kier molecular flexibility index (Phi) is 4.53. The quantitative estimate of drug-likeness (QED) is 0.343. The van der Waals surface area contributed by atoms with Crippen LogP contribution in [0.3, 0.4) is 0 Å². The summed E-state index contributed by atoms with van der Waals surface area (Å²) >= 11 is 0.845. The van der Waals surface area contributed by atoms with E-state index in [0.717, 1.165) is 11.9 Å². The monoisotopic (exact) mass is 123 g/mol. The summed E-state index contributed by atoms with van der Waals surface area (Å²) in [5.41, 5.74) is -0.606. The van der Waals surface area contributed by atoms with Gasteiger partial charge in [-0.25, -0.2) is 0 Å². The fraction of sp³-hybridized carbons (Fsp3) is 1.00. The van der Waals surface area contributed by atoms with Gasteiger partial charge in [-0.1, -0.05) is 11.9 Å². The normalized spacial score (nSPS) is 14.1. The van der Waals surface area contributed by atoms with E-state index in [4.69, 9.17) is 15.4 Å². The van der Waals surface area contributed by atoms with Crippen LogP contribution < -0.4 is 5.14 Å². The zero-order valence-electron chi connectivity index (χ0n) is 3.87. The van der Waals surface area contributed by atoms with Crippen molar-refractivity contribution in [2.75, 3.05) is 6.61 Å². The van der Waals surface area contributed by atoms with Crippen LogP contribution >= 0.6 is 11.9 Å². The van der Waals surface area contributed by atoms with E-state index in [2.05, 4.69) is 0 Å². The van der Waals surface area contributed by atoms with Gasteiger partial charge < -0.3 is 10.2 Å². The smallest absolute Gasteiger partial charge is 0.115 e. The van der Waals surface area contributed by atoms with Gasteiger partial charge in [0.05, 0.1) is 0 Å². The summed E-state index contributed by atoms with van der Waals surface area (Å²) in [5, 5.41) is 21.6. The summed E-state index contributed by atoms with van der Waals surface area (Å²) in [6.45, 7) is -0.00856. The van der Waals surface area contributed by atoms with E-state index in [-0.39, 0.29) is 6.61 Å². The highest BCUT2D eigenvalue weighted by atomic mass is 32.2. The molecule has 0 aromatic rings. The summed E-state index contributed by atoms with van der Waals surface area (Å²) < 4.78 is 0. The molecule has 0 aliphatic carbocycles. The van der Waals surface area contributed by atoms with Crippen LogP contribution in [0.4, 0.5) is 0 Å². The zero-order chi connectivity index (χ0) is 5.70. The molecular weight excluding hydrogens is 114 g/mol. The Morgan fingerprint density at radius 1 is 1.71 bits per heavy atom. The Morgan fingerprint density at radius 3 is 2.43 bits per heavy atom. The zero-order valence-corrected chi connectivity index (χ0v) is 4.69. The van der Waals surface area contributed by atoms with Gasteiger partial charge in [-0.05, 0) is 0 Å². The van der Waals surface area contributed by atoms with Gasteiger partial charge in [0, 0.05) is 13.0 Å². The van der Waals surface area contributed by atoms with Gasteiger partial charge in [0.15, 0.2) is 0 Å². The third kappa shape index (κ3) is 4.08. The molecule has 0 spiro atoms. The van der Waals surface area contributed by atoms with Gasteiger partial charge in [0.1, 0.15) is 5.44 Å². The average molecular weight is 123 g/mol. The van der Waals surface area contributed by atoms with Crippen molar-refractivity contribution in [3.63, 3.8) is 0 Å². The molecule has 0 aromatic heterocycles. The predicted octanol–water partition coefficient (Wildman–Crippen LogP) is -0.706. The van der Waals surface area contributed by atoms with Gasteiger partial charge in [0.2, 0.25) is 0 Å². The molecule has 44 valence electrons. The first-order valence-electron chi connectivity index (χ1n) is 1.95. The summed E-state index contributed by atoms with van der Waals surface area (Å²) in [6.07, 6.45) is 0.348. The largest absolute Gasteiger partial charge is 0.396 e. The molecule has 3 nitrogen and oxygen atoms in total. The van der Waals surface area contributed by atoms with Gasteiger partial charge in [-0.15, -0.1) is 0 Å². The van der Waals surface area contributed by atoms with Crippen LogP contribution in [-0.2, 0) is 0 Å². The lowest BCUT2D eigenvalue weighted by molar-refractivity contribution is 0.198. The number of aliphatic hydroxyl groups is 2. The SMILES string of the molecule is NSC(O)CCO. The van der Waals surface area contributed by atoms with Gasteiger partial charge in [0.25, 0.3) is 0 Å². The maximum Gasteiger partial charge on any atom is 0.115 e. The Hall–Kier alpha value is 0.230. The van der Waals surface area contributed by atoms with E-state index in [9.17, 15) is 0 Å². The Bertz CT molecular complexity index is 43.9. The molecule has 0 heterocycles. The van der Waals surface area contributed by atoms with E-state index in [0.29, 0.717) is 6.42 Å². The van der Waals surface area contributed by atoms with Gasteiger partial charge in [-0.3, -0.25) is 5.14 Å². The highest BCUT2D eigenvalue weighted by Crippen LogP contribution is 2.00. The maximum absolute atomic E-state index is 8.54. The topological polar surface area (TPSA) is 66.5 Å². The molecule has 0 aliphatic heterocycles. The average Bonchev–Trinajstić information content (AvgIpc) is 1.68. The van der Waals surface area contributed by atoms with Crippen LogP contribution in [0, 0.1) is 0 Å². The van der Waals surface area contributed by atoms with Crippen molar-refractivity contribution < 1.29 is 10.2 Å². The van der Waals surface area contributed by atoms with Gasteiger partial charge >= 0.3 is 0 Å². The molecule has 7 heavy (non-hydrogen) atoms. The molecule has 0 radical (unpaired) electrons. The number of aliphatic hydroxyl groups excluding tert-OH is 2. The first-order valence-corrected chi connectivity index (χ1v) is 2.90. The summed E-state index contributed by atoms with van der Waals surface area (Å²) in [5.74, 6) is 0. The lowest BCUT2D eigenvalue weighted by atomic mass is 10.5. The van der Waals surface area contributed by atoms with Crippen LogP contribution in [-0.4, -0.2) is 22.3 Å². The fourth-order valence-electron chi connectivity index (χ4n) is 0.178. The summed E-state index contributed by atoms with van der Waals surface area (Å²) in [6, 6.07) is 0. The molecule has 1 unspecified atom stereocenters. The van der Waals surface area contributed by atoms with Crippen molar-refractivity contribution in [1.82, 2.24) is 0 Å². The number of rotatable bonds is 3. The minimum absolute atomic E-state index is 0.00856. The van der Waals surface area contributed by atoms with E-state index >= 15 is 0 Å². The summed E-state index contributed by atoms with van der Waals surface area (Å²) in [4.78, 5) is 0. The van der Waals surface area contributed by atoms with Crippen LogP contribution in [0.1, 0.15) is 6.42 Å². The molecule has 0 amide bonds. The second kappa shape index (κ2) is 4.39. The molecule has 0 saturated heterocycles.